The maximum Gasteiger partial charge on any atom is 0.272 e. The van der Waals surface area contributed by atoms with E-state index in [4.69, 9.17) is 14.8 Å². The molecule has 0 bridgehead atoms. The van der Waals surface area contributed by atoms with Crippen molar-refractivity contribution in [2.24, 2.45) is 0 Å². The molecule has 6 nitrogen and oxygen atoms in total. The predicted octanol–water partition coefficient (Wildman–Crippen LogP) is 14.4. The van der Waals surface area contributed by atoms with Gasteiger partial charge in [-0.25, -0.2) is 4.98 Å². The number of ether oxygens (including phenoxy) is 1. The number of benzene rings is 6. The molecule has 0 fully saturated rings. The predicted molar refractivity (Wildman–Crippen MR) is 266 cm³/mol. The van der Waals surface area contributed by atoms with E-state index in [0.717, 1.165) is 61.5 Å². The van der Waals surface area contributed by atoms with E-state index in [1.54, 1.807) is 0 Å². The van der Waals surface area contributed by atoms with Crippen LogP contribution in [0.25, 0.3) is 61.5 Å². The third kappa shape index (κ3) is 9.18. The van der Waals surface area contributed by atoms with Crippen LogP contribution in [0.2, 0.25) is 0 Å². The molecule has 3 aromatic heterocycles. The van der Waals surface area contributed by atoms with Crippen molar-refractivity contribution in [1.29, 1.82) is 0 Å². The van der Waals surface area contributed by atoms with E-state index in [0.29, 0.717) is 11.5 Å². The minimum absolute atomic E-state index is 0. The number of para-hydroxylation sites is 1. The van der Waals surface area contributed by atoms with Crippen molar-refractivity contribution in [2.75, 3.05) is 0 Å². The van der Waals surface area contributed by atoms with Crippen molar-refractivity contribution in [3.8, 4) is 51.2 Å². The molecule has 6 aromatic carbocycles. The zero-order valence-corrected chi connectivity index (χ0v) is 42.5. The summed E-state index contributed by atoms with van der Waals surface area (Å²) in [6.07, 6.45) is 5.59. The topological polar surface area (TPSA) is 48.8 Å². The Morgan fingerprint density at radius 1 is 0.530 bits per heavy atom. The summed E-state index contributed by atoms with van der Waals surface area (Å²) in [7, 11) is 0. The molecule has 0 aliphatic rings. The number of nitrogens with zero attached hydrogens (tertiary/aromatic N) is 5. The number of fused-ring (bicyclic) bond motifs is 3. The Morgan fingerprint density at radius 3 is 1.85 bits per heavy atom. The Balaban J connectivity index is 0.00000592. The summed E-state index contributed by atoms with van der Waals surface area (Å²) in [4.78, 5) is 4.87. The molecule has 9 aromatic rings. The average Bonchev–Trinajstić information content (AvgIpc) is 3.85. The van der Waals surface area contributed by atoms with Gasteiger partial charge in [-0.2, -0.15) is 22.9 Å². The zero-order chi connectivity index (χ0) is 46.1. The van der Waals surface area contributed by atoms with Gasteiger partial charge in [0.2, 0.25) is 0 Å². The fraction of sp³-hybridized carbons (Fsp3) is 0.271. The third-order valence-corrected chi connectivity index (χ3v) is 12.3. The first-order chi connectivity index (χ1) is 30.7. The van der Waals surface area contributed by atoms with E-state index in [2.05, 4.69) is 215 Å². The van der Waals surface area contributed by atoms with Gasteiger partial charge < -0.3 is 13.9 Å². The van der Waals surface area contributed by atoms with Crippen LogP contribution in [-0.4, -0.2) is 19.2 Å². The van der Waals surface area contributed by atoms with Gasteiger partial charge in [0.15, 0.2) is 5.82 Å². The molecule has 0 amide bonds. The molecule has 3 heterocycles. The van der Waals surface area contributed by atoms with Gasteiger partial charge in [0.25, 0.3) is 6.33 Å². The van der Waals surface area contributed by atoms with Crippen molar-refractivity contribution < 1.29 is 30.5 Å². The molecule has 0 radical (unpaired) electrons. The minimum Gasteiger partial charge on any atom is -0.510 e. The molecular formula is C59H59N5OPt-2. The molecule has 0 aliphatic heterocycles. The maximum atomic E-state index is 6.71. The second kappa shape index (κ2) is 17.3. The molecular weight excluding hydrogens is 990 g/mol. The Hall–Kier alpha value is -6.10. The van der Waals surface area contributed by atoms with Crippen LogP contribution in [0.3, 0.4) is 0 Å². The summed E-state index contributed by atoms with van der Waals surface area (Å²) in [5.74, 6) is 2.70. The van der Waals surface area contributed by atoms with Crippen LogP contribution in [0.5, 0.6) is 11.5 Å². The van der Waals surface area contributed by atoms with Crippen molar-refractivity contribution >= 4 is 21.8 Å². The van der Waals surface area contributed by atoms with Crippen LogP contribution in [0, 0.1) is 18.5 Å². The third-order valence-electron chi connectivity index (χ3n) is 12.3. The summed E-state index contributed by atoms with van der Waals surface area (Å²) >= 11 is 0. The molecule has 0 aliphatic carbocycles. The van der Waals surface area contributed by atoms with Crippen LogP contribution in [0.15, 0.2) is 140 Å². The first-order valence-corrected chi connectivity index (χ1v) is 22.7. The first kappa shape index (κ1) is 46.4. The second-order valence-electron chi connectivity index (χ2n) is 21.4. The maximum absolute atomic E-state index is 6.71. The van der Waals surface area contributed by atoms with Crippen molar-refractivity contribution in [3.63, 3.8) is 0 Å². The molecule has 0 saturated carbocycles. The standard InChI is InChI=1S/C59H59N5O.Pt/c1-56(2,3)40-25-27-48(39-19-14-13-15-20-39)51(34-40)55-61-63(45-32-42(58(7,8)9)31-43(33-45)59(10,11)12)38-62(55)44-21-18-22-46(36-44)65-47-26-28-50-49-23-16-17-24-52(49)64(53(50)37-47)54-35-41(29-30-60-54)57(4,5)6;/h13-35H,1-12H3;/q-2;. The fourth-order valence-electron chi connectivity index (χ4n) is 8.35. The molecule has 338 valence electrons. The number of pyridine rings is 1. The molecule has 0 N–H and O–H groups in total. The summed E-state index contributed by atoms with van der Waals surface area (Å²) in [5, 5.41) is 7.67. The summed E-state index contributed by atoms with van der Waals surface area (Å²) in [5.41, 5.74) is 11.4. The fourth-order valence-corrected chi connectivity index (χ4v) is 8.35. The van der Waals surface area contributed by atoms with E-state index >= 15 is 0 Å². The average molecular weight is 1050 g/mol. The van der Waals surface area contributed by atoms with Gasteiger partial charge in [0.05, 0.1) is 5.69 Å². The van der Waals surface area contributed by atoms with Crippen LogP contribution < -0.4 is 9.42 Å². The Kier molecular flexibility index (Phi) is 12.2. The number of hydrogen-bond donors (Lipinski definition) is 0. The van der Waals surface area contributed by atoms with Gasteiger partial charge in [0, 0.05) is 49.8 Å². The van der Waals surface area contributed by atoms with Gasteiger partial charge in [0.1, 0.15) is 5.82 Å². The minimum atomic E-state index is -0.0988. The molecule has 9 rings (SSSR count). The van der Waals surface area contributed by atoms with Crippen molar-refractivity contribution in [2.45, 2.75) is 105 Å². The van der Waals surface area contributed by atoms with Gasteiger partial charge in [-0.1, -0.05) is 179 Å². The molecule has 0 saturated heterocycles. The normalized spacial score (nSPS) is 12.4. The van der Waals surface area contributed by atoms with Crippen LogP contribution in [0.4, 0.5) is 0 Å². The Labute approximate surface area is 405 Å². The van der Waals surface area contributed by atoms with Crippen molar-refractivity contribution in [3.05, 3.63) is 180 Å². The first-order valence-electron chi connectivity index (χ1n) is 22.7. The summed E-state index contributed by atoms with van der Waals surface area (Å²) < 4.78 is 12.8. The molecule has 7 heteroatoms. The van der Waals surface area contributed by atoms with E-state index in [1.165, 1.54) is 22.3 Å². The monoisotopic (exact) mass is 1050 g/mol. The van der Waals surface area contributed by atoms with Crippen LogP contribution in [-0.2, 0) is 42.7 Å². The summed E-state index contributed by atoms with van der Waals surface area (Å²) in [6.45, 7) is 27.0. The largest absolute Gasteiger partial charge is 0.510 e. The summed E-state index contributed by atoms with van der Waals surface area (Å²) in [6, 6.07) is 54.2. The number of aromatic nitrogens is 5. The SMILES string of the molecule is CC(C)(C)c1cc(-[n+]2[c-]n(-c3[c-]c(Oc4[c-]c5c(cc4)c4ccccc4n5-c4cc(C(C)(C)C)ccn4)ccc3)c(-c3cc(C(C)(C)C)ccc3-c3ccccc3)n2)cc(C(C)(C)C)c1.[Pt]. The van der Waals surface area contributed by atoms with Gasteiger partial charge in [-0.15, -0.1) is 34.8 Å². The molecule has 0 unspecified atom stereocenters. The molecule has 66 heavy (non-hydrogen) atoms. The number of hydrogen-bond acceptors (Lipinski definition) is 3. The second-order valence-corrected chi connectivity index (χ2v) is 21.4. The number of rotatable bonds is 7. The van der Waals surface area contributed by atoms with Crippen LogP contribution >= 0.6 is 0 Å². The van der Waals surface area contributed by atoms with E-state index < -0.39 is 0 Å². The van der Waals surface area contributed by atoms with Crippen LogP contribution in [0.1, 0.15) is 105 Å². The van der Waals surface area contributed by atoms with E-state index in [-0.39, 0.29) is 42.7 Å². The smallest absolute Gasteiger partial charge is 0.272 e. The van der Waals surface area contributed by atoms with Gasteiger partial charge >= 0.3 is 0 Å². The Bertz CT molecular complexity index is 3190. The van der Waals surface area contributed by atoms with E-state index in [1.807, 2.05) is 39.7 Å². The quantitative estimate of drug-likeness (QED) is 0.118. The Morgan fingerprint density at radius 2 is 1.17 bits per heavy atom. The van der Waals surface area contributed by atoms with E-state index in [9.17, 15) is 0 Å². The van der Waals surface area contributed by atoms with Gasteiger partial charge in [-0.3, -0.25) is 0 Å². The molecule has 0 atom stereocenters. The zero-order valence-electron chi connectivity index (χ0n) is 40.2. The van der Waals surface area contributed by atoms with Crippen molar-refractivity contribution in [1.82, 2.24) is 19.2 Å². The molecule has 0 spiro atoms. The van der Waals surface area contributed by atoms with Gasteiger partial charge in [-0.05, 0) is 78.6 Å².